The van der Waals surface area contributed by atoms with Crippen molar-refractivity contribution in [2.75, 3.05) is 7.11 Å². The molecule has 3 aromatic carbocycles. The molecule has 7 nitrogen and oxygen atoms in total. The van der Waals surface area contributed by atoms with Gasteiger partial charge in [-0.2, -0.15) is 0 Å². The van der Waals surface area contributed by atoms with Gasteiger partial charge in [-0.1, -0.05) is 56.3 Å². The minimum atomic E-state index is -0.716. The molecular formula is C28H30N4O3. The van der Waals surface area contributed by atoms with Crippen LogP contribution in [0.5, 0.6) is 5.75 Å². The third-order valence-electron chi connectivity index (χ3n) is 5.92. The van der Waals surface area contributed by atoms with Crippen LogP contribution >= 0.6 is 0 Å². The Balaban J connectivity index is 1.55. The molecule has 0 bridgehead atoms. The predicted octanol–water partition coefficient (Wildman–Crippen LogP) is 4.43. The Morgan fingerprint density at radius 3 is 2.26 bits per heavy atom. The average Bonchev–Trinajstić information content (AvgIpc) is 3.31. The van der Waals surface area contributed by atoms with Gasteiger partial charge in [-0.05, 0) is 54.3 Å². The van der Waals surface area contributed by atoms with Crippen LogP contribution in [0.15, 0.2) is 78.9 Å². The monoisotopic (exact) mass is 470 g/mol. The number of aromatic amines is 1. The van der Waals surface area contributed by atoms with Gasteiger partial charge >= 0.3 is 0 Å². The number of nitrogens with one attached hydrogen (secondary N) is 3. The van der Waals surface area contributed by atoms with Crippen LogP contribution in [-0.4, -0.2) is 34.9 Å². The molecule has 0 aliphatic carbocycles. The fourth-order valence-corrected chi connectivity index (χ4v) is 3.97. The Labute approximate surface area is 204 Å². The van der Waals surface area contributed by atoms with E-state index >= 15 is 0 Å². The van der Waals surface area contributed by atoms with Crippen LogP contribution in [0.2, 0.25) is 0 Å². The van der Waals surface area contributed by atoms with Gasteiger partial charge in [0.2, 0.25) is 5.91 Å². The topological polar surface area (TPSA) is 96.1 Å². The van der Waals surface area contributed by atoms with Gasteiger partial charge in [0.05, 0.1) is 24.2 Å². The van der Waals surface area contributed by atoms with Crippen LogP contribution < -0.4 is 15.4 Å². The van der Waals surface area contributed by atoms with Crippen LogP contribution in [0.3, 0.4) is 0 Å². The van der Waals surface area contributed by atoms with Gasteiger partial charge in [0.1, 0.15) is 17.6 Å². The molecule has 0 saturated heterocycles. The third-order valence-corrected chi connectivity index (χ3v) is 5.92. The lowest BCUT2D eigenvalue weighted by Crippen LogP contribution is -2.50. The molecule has 7 heteroatoms. The summed E-state index contributed by atoms with van der Waals surface area (Å²) in [6.07, 6.45) is 0.559. The lowest BCUT2D eigenvalue weighted by Gasteiger charge is -2.25. The molecular weight excluding hydrogens is 440 g/mol. The maximum absolute atomic E-state index is 13.5. The summed E-state index contributed by atoms with van der Waals surface area (Å²) < 4.78 is 5.16. The summed E-state index contributed by atoms with van der Waals surface area (Å²) in [5, 5.41) is 6.03. The highest BCUT2D eigenvalue weighted by atomic mass is 16.5. The molecule has 4 rings (SSSR count). The Bertz CT molecular complexity index is 1250. The zero-order valence-corrected chi connectivity index (χ0v) is 20.1. The number of ether oxygens (including phenoxy) is 1. The van der Waals surface area contributed by atoms with E-state index in [2.05, 4.69) is 15.6 Å². The van der Waals surface area contributed by atoms with Crippen molar-refractivity contribution in [3.05, 3.63) is 95.8 Å². The average molecular weight is 471 g/mol. The summed E-state index contributed by atoms with van der Waals surface area (Å²) in [7, 11) is 1.57. The SMILES string of the molecule is COc1ccc(C(=O)N[C@H](C(=O)N[C@@H](Cc2ccccc2)c2nc3ccccc3[nH]2)C(C)C)cc1. The molecule has 0 fully saturated rings. The van der Waals surface area contributed by atoms with Gasteiger partial charge in [0.25, 0.3) is 5.91 Å². The van der Waals surface area contributed by atoms with Crippen molar-refractivity contribution in [2.24, 2.45) is 5.92 Å². The molecule has 2 amide bonds. The molecule has 0 aliphatic rings. The predicted molar refractivity (Wildman–Crippen MR) is 136 cm³/mol. The summed E-state index contributed by atoms with van der Waals surface area (Å²) in [4.78, 5) is 34.4. The van der Waals surface area contributed by atoms with Gasteiger partial charge in [-0.25, -0.2) is 4.98 Å². The normalized spacial score (nSPS) is 12.8. The molecule has 4 aromatic rings. The van der Waals surface area contributed by atoms with Crippen LogP contribution in [0.1, 0.15) is 41.6 Å². The summed E-state index contributed by atoms with van der Waals surface area (Å²) in [5.41, 5.74) is 3.27. The van der Waals surface area contributed by atoms with Crippen molar-refractivity contribution in [1.29, 1.82) is 0 Å². The van der Waals surface area contributed by atoms with Gasteiger partial charge in [-0.3, -0.25) is 9.59 Å². The number of hydrogen-bond donors (Lipinski definition) is 3. The third kappa shape index (κ3) is 5.87. The van der Waals surface area contributed by atoms with E-state index in [1.807, 2.05) is 68.4 Å². The molecule has 2 atom stereocenters. The second-order valence-corrected chi connectivity index (χ2v) is 8.81. The number of imidazole rings is 1. The smallest absolute Gasteiger partial charge is 0.251 e. The number of para-hydroxylation sites is 2. The van der Waals surface area contributed by atoms with E-state index in [0.29, 0.717) is 23.6 Å². The number of fused-ring (bicyclic) bond motifs is 1. The minimum Gasteiger partial charge on any atom is -0.497 e. The molecule has 180 valence electrons. The van der Waals surface area contributed by atoms with Crippen LogP contribution in [-0.2, 0) is 11.2 Å². The molecule has 3 N–H and O–H groups in total. The van der Waals surface area contributed by atoms with Crippen molar-refractivity contribution in [2.45, 2.75) is 32.4 Å². The molecule has 0 spiro atoms. The van der Waals surface area contributed by atoms with E-state index in [9.17, 15) is 9.59 Å². The number of carbonyl (C=O) groups is 2. The maximum Gasteiger partial charge on any atom is 0.251 e. The molecule has 1 aromatic heterocycles. The number of nitrogens with zero attached hydrogens (tertiary/aromatic N) is 1. The quantitative estimate of drug-likeness (QED) is 0.337. The van der Waals surface area contributed by atoms with Crippen LogP contribution in [0.25, 0.3) is 11.0 Å². The number of H-pyrrole nitrogens is 1. The minimum absolute atomic E-state index is 0.120. The number of carbonyl (C=O) groups excluding carboxylic acids is 2. The molecule has 1 heterocycles. The van der Waals surface area contributed by atoms with E-state index in [0.717, 1.165) is 16.6 Å². The molecule has 35 heavy (non-hydrogen) atoms. The van der Waals surface area contributed by atoms with Crippen LogP contribution in [0.4, 0.5) is 0 Å². The first-order valence-corrected chi connectivity index (χ1v) is 11.7. The molecule has 0 unspecified atom stereocenters. The Kier molecular flexibility index (Phi) is 7.45. The van der Waals surface area contributed by atoms with Crippen molar-refractivity contribution in [1.82, 2.24) is 20.6 Å². The number of aromatic nitrogens is 2. The lowest BCUT2D eigenvalue weighted by atomic mass is 10.0. The Hall–Kier alpha value is -4.13. The van der Waals surface area contributed by atoms with Gasteiger partial charge < -0.3 is 20.4 Å². The highest BCUT2D eigenvalue weighted by molar-refractivity contribution is 5.97. The van der Waals surface area contributed by atoms with Gasteiger partial charge in [0.15, 0.2) is 0 Å². The standard InChI is InChI=1S/C28H30N4O3/c1-18(2)25(32-27(33)20-13-15-21(35-3)16-14-20)28(34)31-24(17-19-9-5-4-6-10-19)26-29-22-11-7-8-12-23(22)30-26/h4-16,18,24-25H,17H2,1-3H3,(H,29,30)(H,31,34)(H,32,33)/t24-,25-/m0/s1. The highest BCUT2D eigenvalue weighted by Gasteiger charge is 2.28. The molecule has 0 radical (unpaired) electrons. The summed E-state index contributed by atoms with van der Waals surface area (Å²) in [5.74, 6) is 0.639. The van der Waals surface area contributed by atoms with Crippen molar-refractivity contribution < 1.29 is 14.3 Å². The zero-order chi connectivity index (χ0) is 24.8. The number of rotatable bonds is 9. The number of methoxy groups -OCH3 is 1. The highest BCUT2D eigenvalue weighted by Crippen LogP contribution is 2.21. The molecule has 0 aliphatic heterocycles. The van der Waals surface area contributed by atoms with Gasteiger partial charge in [0, 0.05) is 5.56 Å². The zero-order valence-electron chi connectivity index (χ0n) is 20.1. The first-order chi connectivity index (χ1) is 16.9. The fourth-order valence-electron chi connectivity index (χ4n) is 3.97. The Morgan fingerprint density at radius 1 is 0.914 bits per heavy atom. The summed E-state index contributed by atoms with van der Waals surface area (Å²) in [6.45, 7) is 3.82. The second-order valence-electron chi connectivity index (χ2n) is 8.81. The first-order valence-electron chi connectivity index (χ1n) is 11.7. The first kappa shape index (κ1) is 24.0. The fraction of sp³-hybridized carbons (Fsp3) is 0.250. The van der Waals surface area contributed by atoms with E-state index in [1.165, 1.54) is 0 Å². The van der Waals surface area contributed by atoms with Crippen molar-refractivity contribution >= 4 is 22.8 Å². The van der Waals surface area contributed by atoms with Crippen LogP contribution in [0, 0.1) is 5.92 Å². The maximum atomic E-state index is 13.5. The van der Waals surface area contributed by atoms with Crippen molar-refractivity contribution in [3.8, 4) is 5.75 Å². The van der Waals surface area contributed by atoms with E-state index in [4.69, 9.17) is 9.72 Å². The van der Waals surface area contributed by atoms with E-state index in [1.54, 1.807) is 31.4 Å². The Morgan fingerprint density at radius 2 is 1.60 bits per heavy atom. The summed E-state index contributed by atoms with van der Waals surface area (Å²) in [6, 6.07) is 23.4. The van der Waals surface area contributed by atoms with E-state index < -0.39 is 12.1 Å². The van der Waals surface area contributed by atoms with Gasteiger partial charge in [-0.15, -0.1) is 0 Å². The summed E-state index contributed by atoms with van der Waals surface area (Å²) >= 11 is 0. The number of benzene rings is 3. The van der Waals surface area contributed by atoms with E-state index in [-0.39, 0.29) is 17.7 Å². The number of amides is 2. The number of hydrogen-bond acceptors (Lipinski definition) is 4. The largest absolute Gasteiger partial charge is 0.497 e. The second kappa shape index (κ2) is 10.9. The van der Waals surface area contributed by atoms with Crippen molar-refractivity contribution in [3.63, 3.8) is 0 Å². The molecule has 0 saturated carbocycles. The lowest BCUT2D eigenvalue weighted by molar-refractivity contribution is -0.124.